The summed E-state index contributed by atoms with van der Waals surface area (Å²) in [6, 6.07) is 27.7. The first-order valence-corrected chi connectivity index (χ1v) is 22.0. The van der Waals surface area contributed by atoms with E-state index in [1.54, 1.807) is 84.7 Å². The van der Waals surface area contributed by atoms with Crippen LogP contribution in [0.25, 0.3) is 0 Å². The minimum atomic E-state index is -3.72. The largest absolute Gasteiger partial charge is 0.454 e. The number of benzene rings is 4. The molecule has 2 heterocycles. The van der Waals surface area contributed by atoms with E-state index in [-0.39, 0.29) is 9.92 Å². The molecular formula is C36H29Cl5N4O4S4. The van der Waals surface area contributed by atoms with E-state index in [9.17, 15) is 8.42 Å². The van der Waals surface area contributed by atoms with Crippen molar-refractivity contribution in [2.24, 2.45) is 0 Å². The third-order valence-corrected chi connectivity index (χ3v) is 11.3. The molecule has 4 aromatic carbocycles. The molecule has 0 aliphatic rings. The van der Waals surface area contributed by atoms with Crippen LogP contribution < -0.4 is 19.9 Å². The number of aromatic nitrogens is 2. The molecule has 0 unspecified atom stereocenters. The van der Waals surface area contributed by atoms with Gasteiger partial charge in [-0.15, -0.1) is 23.5 Å². The molecule has 2 aromatic heterocycles. The van der Waals surface area contributed by atoms with Gasteiger partial charge in [-0.1, -0.05) is 46.4 Å². The topological polar surface area (TPSA) is 116 Å². The number of hydrogen-bond acceptors (Lipinski definition) is 10. The van der Waals surface area contributed by atoms with Gasteiger partial charge >= 0.3 is 0 Å². The van der Waals surface area contributed by atoms with Crippen LogP contribution in [0.2, 0.25) is 20.1 Å². The highest BCUT2D eigenvalue weighted by Crippen LogP contribution is 2.34. The molecule has 0 spiro atoms. The van der Waals surface area contributed by atoms with Crippen LogP contribution in [0, 0.1) is 0 Å². The summed E-state index contributed by atoms with van der Waals surface area (Å²) in [4.78, 5) is 11.3. The molecule has 6 aromatic rings. The number of thioether (sulfide) groups is 2. The second kappa shape index (κ2) is 21.1. The lowest BCUT2D eigenvalue weighted by molar-refractivity contribution is 0.480. The first kappa shape index (κ1) is 42.6. The Morgan fingerprint density at radius 1 is 0.623 bits per heavy atom. The number of hydrogen-bond donors (Lipinski definition) is 2. The Bertz CT molecular complexity index is 2200. The SMILES string of the molecule is CSc1ccc(S(=O)(=O)Nc2ccc(Oc3cncc(Cl)c3)c(Cl)c2)cc1.CSc1ccc(SCl)cc1.Nc1ccc(Oc2cncc(Cl)c2)c(Cl)c1. The maximum Gasteiger partial charge on any atom is 0.261 e. The molecule has 0 aliphatic heterocycles. The summed E-state index contributed by atoms with van der Waals surface area (Å²) in [5.41, 5.74) is 6.48. The van der Waals surface area contributed by atoms with Gasteiger partial charge in [0.05, 0.1) is 43.1 Å². The molecule has 0 bridgehead atoms. The molecule has 6 rings (SSSR count). The minimum absolute atomic E-state index is 0.168. The second-order valence-electron chi connectivity index (χ2n) is 10.3. The Labute approximate surface area is 345 Å². The maximum absolute atomic E-state index is 12.5. The number of anilines is 2. The van der Waals surface area contributed by atoms with Crippen LogP contribution in [-0.4, -0.2) is 30.9 Å². The zero-order chi connectivity index (χ0) is 38.4. The van der Waals surface area contributed by atoms with Gasteiger partial charge in [0.1, 0.15) is 23.0 Å². The zero-order valence-corrected chi connectivity index (χ0v) is 34.7. The Hall–Kier alpha value is -3.17. The third-order valence-electron chi connectivity index (χ3n) is 6.47. The van der Waals surface area contributed by atoms with Crippen LogP contribution in [-0.2, 0) is 10.0 Å². The van der Waals surface area contributed by atoms with Gasteiger partial charge < -0.3 is 15.2 Å². The van der Waals surface area contributed by atoms with E-state index in [4.69, 9.17) is 72.3 Å². The molecule has 0 aliphatic carbocycles. The fourth-order valence-electron chi connectivity index (χ4n) is 3.99. The van der Waals surface area contributed by atoms with E-state index >= 15 is 0 Å². The van der Waals surface area contributed by atoms with Crippen molar-refractivity contribution in [2.75, 3.05) is 23.0 Å². The number of nitrogens with one attached hydrogen (secondary N) is 1. The van der Waals surface area contributed by atoms with Crippen molar-refractivity contribution in [2.45, 2.75) is 19.6 Å². The lowest BCUT2D eigenvalue weighted by Gasteiger charge is -2.11. The highest BCUT2D eigenvalue weighted by atomic mass is 35.7. The highest BCUT2D eigenvalue weighted by molar-refractivity contribution is 8.21. The summed E-state index contributed by atoms with van der Waals surface area (Å²) in [6.07, 6.45) is 10.0. The van der Waals surface area contributed by atoms with Crippen molar-refractivity contribution in [3.8, 4) is 23.0 Å². The lowest BCUT2D eigenvalue weighted by Crippen LogP contribution is -2.12. The van der Waals surface area contributed by atoms with Crippen LogP contribution in [0.3, 0.4) is 0 Å². The van der Waals surface area contributed by atoms with Crippen molar-refractivity contribution in [1.29, 1.82) is 0 Å². The molecule has 8 nitrogen and oxygen atoms in total. The van der Waals surface area contributed by atoms with Crippen molar-refractivity contribution >= 4 is 113 Å². The molecule has 0 amide bonds. The number of sulfonamides is 1. The zero-order valence-electron chi connectivity index (χ0n) is 27.7. The van der Waals surface area contributed by atoms with Crippen molar-refractivity contribution in [3.63, 3.8) is 0 Å². The Morgan fingerprint density at radius 3 is 1.55 bits per heavy atom. The second-order valence-corrected chi connectivity index (χ2v) is 16.5. The van der Waals surface area contributed by atoms with Crippen LogP contribution in [0.4, 0.5) is 11.4 Å². The number of nitrogens with two attached hydrogens (primary N) is 1. The van der Waals surface area contributed by atoms with Crippen LogP contribution in [0.5, 0.6) is 23.0 Å². The molecule has 276 valence electrons. The Morgan fingerprint density at radius 2 is 1.09 bits per heavy atom. The molecule has 53 heavy (non-hydrogen) atoms. The van der Waals surface area contributed by atoms with E-state index in [1.807, 2.05) is 18.4 Å². The summed E-state index contributed by atoms with van der Waals surface area (Å²) in [7, 11) is 3.06. The molecule has 0 atom stereocenters. The highest BCUT2D eigenvalue weighted by Gasteiger charge is 2.15. The normalized spacial score (nSPS) is 10.6. The Kier molecular flexibility index (Phi) is 16.9. The van der Waals surface area contributed by atoms with Crippen LogP contribution in [0.15, 0.2) is 141 Å². The molecule has 3 N–H and O–H groups in total. The monoisotopic (exact) mass is 884 g/mol. The molecule has 17 heteroatoms. The van der Waals surface area contributed by atoms with Crippen molar-refractivity contribution in [1.82, 2.24) is 9.97 Å². The van der Waals surface area contributed by atoms with Crippen LogP contribution >= 0.6 is 91.6 Å². The predicted molar refractivity (Wildman–Crippen MR) is 225 cm³/mol. The molecule has 0 saturated heterocycles. The number of halogens is 5. The quantitative estimate of drug-likeness (QED) is 0.102. The Balaban J connectivity index is 0.000000202. The number of pyridine rings is 2. The predicted octanol–water partition coefficient (Wildman–Crippen LogP) is 13.1. The van der Waals surface area contributed by atoms with Gasteiger partial charge in [0.25, 0.3) is 10.0 Å². The van der Waals surface area contributed by atoms with Gasteiger partial charge in [-0.05, 0) is 119 Å². The van der Waals surface area contributed by atoms with Crippen LogP contribution in [0.1, 0.15) is 0 Å². The lowest BCUT2D eigenvalue weighted by atomic mass is 10.3. The van der Waals surface area contributed by atoms with Gasteiger partial charge in [0, 0.05) is 44.9 Å². The number of ether oxygens (including phenoxy) is 2. The first-order chi connectivity index (χ1) is 25.4. The van der Waals surface area contributed by atoms with Gasteiger partial charge in [-0.25, -0.2) is 8.42 Å². The minimum Gasteiger partial charge on any atom is -0.454 e. The standard InChI is InChI=1S/C18H14Cl2N2O3S2.C11H8Cl2N2O.C7H7ClS2/c1-26-15-3-5-16(6-4-15)27(23,24)22-13-2-7-18(17(20)9-13)25-14-8-12(19)10-21-11-14;12-7-3-9(6-15-5-7)16-11-2-1-8(14)4-10(11)13;1-9-6-2-4-7(10-8)5-3-6/h2-11,22H,1H3;1-6H,14H2;2-5H,1H3. The van der Waals surface area contributed by atoms with Crippen molar-refractivity contribution < 1.29 is 17.9 Å². The van der Waals surface area contributed by atoms with E-state index in [0.717, 1.165) is 9.79 Å². The summed E-state index contributed by atoms with van der Waals surface area (Å²) < 4.78 is 38.7. The first-order valence-electron chi connectivity index (χ1n) is 14.9. The maximum atomic E-state index is 12.5. The number of rotatable bonds is 10. The average molecular weight is 887 g/mol. The van der Waals surface area contributed by atoms with E-state index in [0.29, 0.717) is 49.4 Å². The van der Waals surface area contributed by atoms with Crippen molar-refractivity contribution in [3.05, 3.63) is 142 Å². The fourth-order valence-corrected chi connectivity index (χ4v) is 7.18. The summed E-state index contributed by atoms with van der Waals surface area (Å²) in [5, 5.41) is 1.62. The fraction of sp³-hybridized carbons (Fsp3) is 0.0556. The summed E-state index contributed by atoms with van der Waals surface area (Å²) in [5.74, 6) is 1.82. The van der Waals surface area contributed by atoms with E-state index in [1.165, 1.54) is 52.3 Å². The van der Waals surface area contributed by atoms with Gasteiger partial charge in [-0.3, -0.25) is 14.7 Å². The van der Waals surface area contributed by atoms with E-state index < -0.39 is 10.0 Å². The summed E-state index contributed by atoms with van der Waals surface area (Å²) in [6.45, 7) is 0. The number of nitrogen functional groups attached to an aromatic ring is 1. The van der Waals surface area contributed by atoms with Gasteiger partial charge in [0.2, 0.25) is 0 Å². The average Bonchev–Trinajstić information content (AvgIpc) is 3.14. The van der Waals surface area contributed by atoms with E-state index in [2.05, 4.69) is 33.1 Å². The molecular weight excluding hydrogens is 858 g/mol. The van der Waals surface area contributed by atoms with Gasteiger partial charge in [-0.2, -0.15) is 0 Å². The summed E-state index contributed by atoms with van der Waals surface area (Å²) >= 11 is 27.1. The smallest absolute Gasteiger partial charge is 0.261 e. The molecule has 0 saturated carbocycles. The number of nitrogens with zero attached hydrogens (tertiary/aromatic N) is 2. The molecule has 0 radical (unpaired) electrons. The molecule has 0 fully saturated rings. The third kappa shape index (κ3) is 13.9. The van der Waals surface area contributed by atoms with Gasteiger partial charge in [0.15, 0.2) is 0 Å².